The maximum absolute atomic E-state index is 10.9. The highest BCUT2D eigenvalue weighted by atomic mass is 16.6. The van der Waals surface area contributed by atoms with E-state index in [0.29, 0.717) is 5.75 Å². The fraction of sp³-hybridized carbons (Fsp3) is 0.250. The Labute approximate surface area is 199 Å². The van der Waals surface area contributed by atoms with Gasteiger partial charge in [-0.3, -0.25) is 4.98 Å². The van der Waals surface area contributed by atoms with Crippen LogP contribution in [0, 0.1) is 0 Å². The fourth-order valence-electron chi connectivity index (χ4n) is 4.07. The first-order chi connectivity index (χ1) is 16.6. The first-order valence-corrected chi connectivity index (χ1v) is 11.5. The number of nitrogens with zero attached hydrogens (tertiary/aromatic N) is 2. The van der Waals surface area contributed by atoms with Crippen molar-refractivity contribution in [3.63, 3.8) is 0 Å². The number of ether oxygens (including phenoxy) is 1. The molecule has 6 nitrogen and oxygen atoms in total. The van der Waals surface area contributed by atoms with E-state index in [1.165, 1.54) is 5.57 Å². The Bertz CT molecular complexity index is 1130. The molecule has 1 N–H and O–H groups in total. The lowest BCUT2D eigenvalue weighted by Gasteiger charge is -2.20. The summed E-state index contributed by atoms with van der Waals surface area (Å²) < 4.78 is 5.48. The Balaban J connectivity index is 1.51. The second-order valence-electron chi connectivity index (χ2n) is 8.17. The van der Waals surface area contributed by atoms with Crippen LogP contribution in [0.2, 0.25) is 0 Å². The van der Waals surface area contributed by atoms with Crippen molar-refractivity contribution < 1.29 is 19.5 Å². The first-order valence-electron chi connectivity index (χ1n) is 11.5. The molecular weight excluding hydrogens is 428 g/mol. The van der Waals surface area contributed by atoms with Crippen LogP contribution in [0.3, 0.4) is 0 Å². The zero-order valence-corrected chi connectivity index (χ0v) is 19.2. The number of carboxylic acids is 1. The van der Waals surface area contributed by atoms with Crippen molar-refractivity contribution in [2.24, 2.45) is 5.16 Å². The number of pyridine rings is 1. The Morgan fingerprint density at radius 3 is 2.53 bits per heavy atom. The molecule has 0 aliphatic heterocycles. The SMILES string of the molecule is CC/C(CC1=Cc2cccc(OCC(=O)O)c2CC1)=N/OC(c1ccccc1)c1ccncc1. The standard InChI is InChI=1S/C28H28N2O4/c1-2-24(30-34-28(21-7-4-3-5-8-21)22-13-15-29-16-14-22)18-20-11-12-25-23(17-20)9-6-10-26(25)33-19-27(31)32/h3-10,13-17,28H,2,11-12,18-19H2,1H3,(H,31,32)/b30-24-. The number of carbonyl (C=O) groups is 1. The summed E-state index contributed by atoms with van der Waals surface area (Å²) in [4.78, 5) is 21.1. The van der Waals surface area contributed by atoms with E-state index in [9.17, 15) is 4.79 Å². The minimum atomic E-state index is -0.978. The molecule has 0 fully saturated rings. The van der Waals surface area contributed by atoms with Crippen molar-refractivity contribution in [2.45, 2.75) is 38.7 Å². The Morgan fingerprint density at radius 2 is 1.79 bits per heavy atom. The van der Waals surface area contributed by atoms with E-state index in [2.05, 4.69) is 23.1 Å². The van der Waals surface area contributed by atoms with Crippen LogP contribution in [-0.4, -0.2) is 28.4 Å². The third-order valence-corrected chi connectivity index (χ3v) is 5.81. The van der Waals surface area contributed by atoms with Crippen LogP contribution in [0.15, 0.2) is 83.8 Å². The van der Waals surface area contributed by atoms with Crippen LogP contribution in [0.1, 0.15) is 54.5 Å². The number of hydrogen-bond donors (Lipinski definition) is 1. The molecule has 1 aromatic heterocycles. The van der Waals surface area contributed by atoms with Gasteiger partial charge in [0.15, 0.2) is 12.7 Å². The minimum Gasteiger partial charge on any atom is -0.482 e. The zero-order chi connectivity index (χ0) is 23.8. The molecule has 4 rings (SSSR count). The van der Waals surface area contributed by atoms with Crippen molar-refractivity contribution >= 4 is 17.8 Å². The smallest absolute Gasteiger partial charge is 0.341 e. The molecule has 0 bridgehead atoms. The molecule has 0 saturated heterocycles. The van der Waals surface area contributed by atoms with E-state index in [1.54, 1.807) is 12.4 Å². The molecule has 1 aliphatic rings. The average molecular weight is 457 g/mol. The molecule has 34 heavy (non-hydrogen) atoms. The summed E-state index contributed by atoms with van der Waals surface area (Å²) >= 11 is 0. The van der Waals surface area contributed by atoms with E-state index in [4.69, 9.17) is 14.7 Å². The van der Waals surface area contributed by atoms with Crippen molar-refractivity contribution in [1.29, 1.82) is 0 Å². The van der Waals surface area contributed by atoms with Gasteiger partial charge >= 0.3 is 5.97 Å². The molecule has 1 heterocycles. The largest absolute Gasteiger partial charge is 0.482 e. The van der Waals surface area contributed by atoms with E-state index in [-0.39, 0.29) is 12.7 Å². The number of oxime groups is 1. The average Bonchev–Trinajstić information content (AvgIpc) is 2.88. The molecule has 2 aromatic carbocycles. The number of benzene rings is 2. The number of aromatic nitrogens is 1. The van der Waals surface area contributed by atoms with Gasteiger partial charge in [-0.15, -0.1) is 0 Å². The number of allylic oxidation sites excluding steroid dienone is 1. The first kappa shape index (κ1) is 23.2. The van der Waals surface area contributed by atoms with Crippen LogP contribution in [0.4, 0.5) is 0 Å². The molecule has 1 unspecified atom stereocenters. The van der Waals surface area contributed by atoms with Crippen LogP contribution >= 0.6 is 0 Å². The van der Waals surface area contributed by atoms with Gasteiger partial charge in [0.2, 0.25) is 0 Å². The second-order valence-corrected chi connectivity index (χ2v) is 8.17. The Kier molecular flexibility index (Phi) is 7.71. The normalized spacial score (nSPS) is 14.0. The molecule has 1 aliphatic carbocycles. The predicted molar refractivity (Wildman–Crippen MR) is 132 cm³/mol. The summed E-state index contributed by atoms with van der Waals surface area (Å²) in [5.74, 6) is -0.333. The minimum absolute atomic E-state index is 0.305. The van der Waals surface area contributed by atoms with Gasteiger partial charge in [-0.1, -0.05) is 66.2 Å². The Hall–Kier alpha value is -3.93. The quantitative estimate of drug-likeness (QED) is 0.306. The highest BCUT2D eigenvalue weighted by Gasteiger charge is 2.18. The van der Waals surface area contributed by atoms with Crippen molar-refractivity contribution in [1.82, 2.24) is 4.98 Å². The molecule has 0 spiro atoms. The predicted octanol–water partition coefficient (Wildman–Crippen LogP) is 5.84. The van der Waals surface area contributed by atoms with Gasteiger partial charge in [-0.05, 0) is 48.6 Å². The molecule has 0 radical (unpaired) electrons. The maximum atomic E-state index is 10.9. The van der Waals surface area contributed by atoms with Gasteiger partial charge < -0.3 is 14.7 Å². The third-order valence-electron chi connectivity index (χ3n) is 5.81. The van der Waals surface area contributed by atoms with Gasteiger partial charge in [0, 0.05) is 29.9 Å². The zero-order valence-electron chi connectivity index (χ0n) is 19.2. The van der Waals surface area contributed by atoms with E-state index < -0.39 is 5.97 Å². The maximum Gasteiger partial charge on any atom is 0.341 e. The lowest BCUT2D eigenvalue weighted by Crippen LogP contribution is -2.12. The molecule has 0 saturated carbocycles. The van der Waals surface area contributed by atoms with Gasteiger partial charge in [-0.2, -0.15) is 0 Å². The highest BCUT2D eigenvalue weighted by molar-refractivity contribution is 5.87. The number of fused-ring (bicyclic) bond motifs is 1. The Morgan fingerprint density at radius 1 is 1.03 bits per heavy atom. The summed E-state index contributed by atoms with van der Waals surface area (Å²) in [5, 5.41) is 13.5. The van der Waals surface area contributed by atoms with E-state index >= 15 is 0 Å². The lowest BCUT2D eigenvalue weighted by atomic mass is 9.89. The monoisotopic (exact) mass is 456 g/mol. The van der Waals surface area contributed by atoms with Crippen molar-refractivity contribution in [3.05, 3.63) is 101 Å². The summed E-state index contributed by atoms with van der Waals surface area (Å²) in [6.45, 7) is 1.75. The molecule has 6 heteroatoms. The molecule has 3 aromatic rings. The summed E-state index contributed by atoms with van der Waals surface area (Å²) in [6, 6.07) is 19.7. The number of rotatable bonds is 10. The van der Waals surface area contributed by atoms with Gasteiger partial charge in [0.05, 0.1) is 5.71 Å². The van der Waals surface area contributed by atoms with Crippen molar-refractivity contribution in [3.8, 4) is 5.75 Å². The number of hydrogen-bond acceptors (Lipinski definition) is 5. The summed E-state index contributed by atoms with van der Waals surface area (Å²) in [7, 11) is 0. The van der Waals surface area contributed by atoms with Gasteiger partial charge in [0.1, 0.15) is 5.75 Å². The van der Waals surface area contributed by atoms with E-state index in [0.717, 1.165) is 53.6 Å². The highest BCUT2D eigenvalue weighted by Crippen LogP contribution is 2.33. The molecule has 174 valence electrons. The van der Waals surface area contributed by atoms with Crippen LogP contribution in [-0.2, 0) is 16.1 Å². The lowest BCUT2D eigenvalue weighted by molar-refractivity contribution is -0.139. The van der Waals surface area contributed by atoms with Crippen LogP contribution in [0.5, 0.6) is 5.75 Å². The van der Waals surface area contributed by atoms with Crippen LogP contribution < -0.4 is 4.74 Å². The van der Waals surface area contributed by atoms with Crippen LogP contribution in [0.25, 0.3) is 6.08 Å². The van der Waals surface area contributed by atoms with Gasteiger partial charge in [-0.25, -0.2) is 4.79 Å². The number of carboxylic acid groups (broad SMARTS) is 1. The third kappa shape index (κ3) is 5.90. The van der Waals surface area contributed by atoms with Gasteiger partial charge in [0.25, 0.3) is 0 Å². The number of aliphatic carboxylic acids is 1. The molecular formula is C28H28N2O4. The van der Waals surface area contributed by atoms with Crippen molar-refractivity contribution in [2.75, 3.05) is 6.61 Å². The molecule has 1 atom stereocenters. The summed E-state index contributed by atoms with van der Waals surface area (Å²) in [5.41, 5.74) is 6.41. The summed E-state index contributed by atoms with van der Waals surface area (Å²) in [6.07, 6.45) is 8.56. The second kappa shape index (κ2) is 11.3. The fourth-order valence-corrected chi connectivity index (χ4v) is 4.07. The van der Waals surface area contributed by atoms with E-state index in [1.807, 2.05) is 60.7 Å². The topological polar surface area (TPSA) is 81.0 Å². The molecule has 0 amide bonds.